The van der Waals surface area contributed by atoms with Gasteiger partial charge in [0.05, 0.1) is 4.99 Å². The van der Waals surface area contributed by atoms with Crippen molar-refractivity contribution in [3.8, 4) is 0 Å². The van der Waals surface area contributed by atoms with Crippen molar-refractivity contribution in [2.75, 3.05) is 0 Å². The molecular weight excluding hydrogens is 186 g/mol. The fourth-order valence-electron chi connectivity index (χ4n) is 1.07. The lowest BCUT2D eigenvalue weighted by molar-refractivity contribution is 0.940. The molecule has 1 rings (SSSR count). The summed E-state index contributed by atoms with van der Waals surface area (Å²) < 4.78 is 0. The first kappa shape index (κ1) is 9.68. The van der Waals surface area contributed by atoms with Crippen LogP contribution in [0, 0.1) is 0 Å². The van der Waals surface area contributed by atoms with Crippen molar-refractivity contribution in [2.45, 2.75) is 26.2 Å². The average molecular weight is 199 g/mol. The molecule has 0 aliphatic heterocycles. The molecule has 1 heterocycles. The van der Waals surface area contributed by atoms with E-state index in [1.807, 2.05) is 11.3 Å². The van der Waals surface area contributed by atoms with Crippen molar-refractivity contribution < 1.29 is 0 Å². The van der Waals surface area contributed by atoms with Gasteiger partial charge < -0.3 is 5.73 Å². The summed E-state index contributed by atoms with van der Waals surface area (Å²) >= 11 is 6.65. The van der Waals surface area contributed by atoms with E-state index < -0.39 is 0 Å². The summed E-state index contributed by atoms with van der Waals surface area (Å²) in [6.45, 7) is 2.19. The second-order valence-electron chi connectivity index (χ2n) is 2.76. The first-order valence-corrected chi connectivity index (χ1v) is 5.30. The summed E-state index contributed by atoms with van der Waals surface area (Å²) in [5.74, 6) is 0. The molecule has 66 valence electrons. The van der Waals surface area contributed by atoms with E-state index in [4.69, 9.17) is 18.0 Å². The highest BCUT2D eigenvalue weighted by atomic mass is 32.1. The molecule has 0 aliphatic rings. The van der Waals surface area contributed by atoms with Crippen molar-refractivity contribution in [1.29, 1.82) is 0 Å². The standard InChI is InChI=1S/C9H13NS2/c1-2-3-7-4-5-8(12-7)6-9(10)11/h4-5H,2-3,6H2,1H3,(H2,10,11). The zero-order chi connectivity index (χ0) is 8.97. The van der Waals surface area contributed by atoms with Gasteiger partial charge in [-0.25, -0.2) is 0 Å². The van der Waals surface area contributed by atoms with E-state index in [0.717, 1.165) is 6.42 Å². The molecule has 0 aromatic carbocycles. The minimum atomic E-state index is 0.583. The molecular formula is C9H13NS2. The Labute approximate surface area is 82.6 Å². The van der Waals surface area contributed by atoms with Crippen molar-refractivity contribution in [3.05, 3.63) is 21.9 Å². The maximum Gasteiger partial charge on any atom is 0.0780 e. The Morgan fingerprint density at radius 2 is 2.17 bits per heavy atom. The minimum absolute atomic E-state index is 0.583. The summed E-state index contributed by atoms with van der Waals surface area (Å²) in [7, 11) is 0. The van der Waals surface area contributed by atoms with Crippen molar-refractivity contribution in [2.24, 2.45) is 5.73 Å². The highest BCUT2D eigenvalue weighted by molar-refractivity contribution is 7.80. The van der Waals surface area contributed by atoms with E-state index in [1.54, 1.807) is 0 Å². The number of nitrogens with two attached hydrogens (primary N) is 1. The first-order valence-electron chi connectivity index (χ1n) is 4.08. The van der Waals surface area contributed by atoms with Crippen molar-refractivity contribution >= 4 is 28.5 Å². The zero-order valence-corrected chi connectivity index (χ0v) is 8.80. The molecule has 0 amide bonds. The van der Waals surface area contributed by atoms with E-state index >= 15 is 0 Å². The Kier molecular flexibility index (Phi) is 3.69. The summed E-state index contributed by atoms with van der Waals surface area (Å²) in [5, 5.41) is 0. The molecule has 1 aromatic rings. The Morgan fingerprint density at radius 1 is 1.50 bits per heavy atom. The van der Waals surface area contributed by atoms with Crippen LogP contribution in [0.25, 0.3) is 0 Å². The van der Waals surface area contributed by atoms with Gasteiger partial charge in [-0.1, -0.05) is 25.6 Å². The van der Waals surface area contributed by atoms with Gasteiger partial charge in [0.1, 0.15) is 0 Å². The zero-order valence-electron chi connectivity index (χ0n) is 7.17. The Hall–Kier alpha value is -0.410. The van der Waals surface area contributed by atoms with Crippen molar-refractivity contribution in [3.63, 3.8) is 0 Å². The molecule has 12 heavy (non-hydrogen) atoms. The maximum absolute atomic E-state index is 5.45. The van der Waals surface area contributed by atoms with Gasteiger partial charge in [-0.05, 0) is 18.6 Å². The second kappa shape index (κ2) is 4.58. The van der Waals surface area contributed by atoms with Crippen LogP contribution in [-0.2, 0) is 12.8 Å². The third kappa shape index (κ3) is 2.91. The lowest BCUT2D eigenvalue weighted by Gasteiger charge is -1.92. The molecule has 0 radical (unpaired) electrons. The number of thiophene rings is 1. The van der Waals surface area contributed by atoms with Crippen LogP contribution in [0.3, 0.4) is 0 Å². The molecule has 0 saturated carbocycles. The SMILES string of the molecule is CCCc1ccc(CC(N)=S)s1. The number of aryl methyl sites for hydroxylation is 1. The summed E-state index contributed by atoms with van der Waals surface area (Å²) in [6.07, 6.45) is 3.12. The molecule has 0 bridgehead atoms. The maximum atomic E-state index is 5.45. The van der Waals surface area contributed by atoms with Crippen LogP contribution in [0.4, 0.5) is 0 Å². The van der Waals surface area contributed by atoms with E-state index in [1.165, 1.54) is 22.6 Å². The quantitative estimate of drug-likeness (QED) is 0.754. The molecule has 0 saturated heterocycles. The summed E-state index contributed by atoms with van der Waals surface area (Å²) in [5.41, 5.74) is 5.45. The topological polar surface area (TPSA) is 26.0 Å². The Morgan fingerprint density at radius 3 is 2.75 bits per heavy atom. The minimum Gasteiger partial charge on any atom is -0.393 e. The van der Waals surface area contributed by atoms with Gasteiger partial charge in [0.25, 0.3) is 0 Å². The molecule has 2 N–H and O–H groups in total. The van der Waals surface area contributed by atoms with Gasteiger partial charge >= 0.3 is 0 Å². The first-order chi connectivity index (χ1) is 5.72. The van der Waals surface area contributed by atoms with Crippen LogP contribution in [0.2, 0.25) is 0 Å². The van der Waals surface area contributed by atoms with Crippen LogP contribution in [0.1, 0.15) is 23.1 Å². The molecule has 3 heteroatoms. The van der Waals surface area contributed by atoms with Gasteiger partial charge in [0.2, 0.25) is 0 Å². The normalized spacial score (nSPS) is 10.1. The molecule has 1 nitrogen and oxygen atoms in total. The largest absolute Gasteiger partial charge is 0.393 e. The van der Waals surface area contributed by atoms with Gasteiger partial charge in [-0.2, -0.15) is 0 Å². The van der Waals surface area contributed by atoms with Gasteiger partial charge in [-0.15, -0.1) is 11.3 Å². The molecule has 0 atom stereocenters. The number of thiocarbonyl (C=S) groups is 1. The average Bonchev–Trinajstić information content (AvgIpc) is 2.36. The lowest BCUT2D eigenvalue weighted by atomic mass is 10.3. The number of rotatable bonds is 4. The van der Waals surface area contributed by atoms with Gasteiger partial charge in [-0.3, -0.25) is 0 Å². The Balaban J connectivity index is 2.58. The highest BCUT2D eigenvalue weighted by Gasteiger charge is 1.99. The fourth-order valence-corrected chi connectivity index (χ4v) is 2.46. The monoisotopic (exact) mass is 199 g/mol. The van der Waals surface area contributed by atoms with Crippen molar-refractivity contribution in [1.82, 2.24) is 0 Å². The third-order valence-electron chi connectivity index (χ3n) is 1.56. The number of hydrogen-bond donors (Lipinski definition) is 1. The van der Waals surface area contributed by atoms with E-state index in [2.05, 4.69) is 19.1 Å². The molecule has 0 aliphatic carbocycles. The van der Waals surface area contributed by atoms with E-state index in [-0.39, 0.29) is 0 Å². The molecule has 0 fully saturated rings. The second-order valence-corrected chi connectivity index (χ2v) is 4.54. The van der Waals surface area contributed by atoms with Crippen LogP contribution in [0.15, 0.2) is 12.1 Å². The van der Waals surface area contributed by atoms with Gasteiger partial charge in [0.15, 0.2) is 0 Å². The summed E-state index contributed by atoms with van der Waals surface area (Å²) in [4.78, 5) is 3.30. The Bertz CT molecular complexity index is 265. The van der Waals surface area contributed by atoms with Crippen LogP contribution in [0.5, 0.6) is 0 Å². The van der Waals surface area contributed by atoms with Crippen LogP contribution >= 0.6 is 23.6 Å². The van der Waals surface area contributed by atoms with Gasteiger partial charge in [0, 0.05) is 16.2 Å². The fraction of sp³-hybridized carbons (Fsp3) is 0.444. The van der Waals surface area contributed by atoms with Crippen LogP contribution in [-0.4, -0.2) is 4.99 Å². The predicted octanol–water partition coefficient (Wildman–Crippen LogP) is 2.53. The third-order valence-corrected chi connectivity index (χ3v) is 2.85. The smallest absolute Gasteiger partial charge is 0.0780 e. The highest BCUT2D eigenvalue weighted by Crippen LogP contribution is 2.18. The molecule has 0 unspecified atom stereocenters. The van der Waals surface area contributed by atoms with E-state index in [9.17, 15) is 0 Å². The molecule has 1 aromatic heterocycles. The summed E-state index contributed by atoms with van der Waals surface area (Å²) in [6, 6.07) is 4.29. The van der Waals surface area contributed by atoms with Crippen LogP contribution < -0.4 is 5.73 Å². The molecule has 0 spiro atoms. The lowest BCUT2D eigenvalue weighted by Crippen LogP contribution is -2.09. The van der Waals surface area contributed by atoms with E-state index in [0.29, 0.717) is 4.99 Å². The predicted molar refractivity (Wildman–Crippen MR) is 58.8 cm³/mol. The number of hydrogen-bond acceptors (Lipinski definition) is 2.